The lowest BCUT2D eigenvalue weighted by Gasteiger charge is -2.12. The first-order chi connectivity index (χ1) is 14.7. The van der Waals surface area contributed by atoms with Crippen LogP contribution in [-0.2, 0) is 6.54 Å². The molecule has 3 heterocycles. The average molecular weight is 438 g/mol. The monoisotopic (exact) mass is 437 g/mol. The van der Waals surface area contributed by atoms with Crippen molar-refractivity contribution in [1.29, 1.82) is 0 Å². The molecule has 0 radical (unpaired) electrons. The Morgan fingerprint density at radius 1 is 1.07 bits per heavy atom. The molecular formula is C21H19N5O2S2. The van der Waals surface area contributed by atoms with Gasteiger partial charge in [-0.05, 0) is 36.4 Å². The van der Waals surface area contributed by atoms with E-state index in [1.54, 1.807) is 21.6 Å². The first-order valence-corrected chi connectivity index (χ1v) is 11.8. The molecule has 0 aliphatic carbocycles. The standard InChI is InChI=1S/C21H19N5O2S2/c22-20-18-19(13-6-8-15(9-7-13)28-14-4-2-1-3-5-14)25-26(21(18)24-12-23-20)10-17-16(27)11-29-30-17/h1-9,12,16-17,27H,10-11H2,(H2,22,23,24). The van der Waals surface area contributed by atoms with Crippen LogP contribution in [0.3, 0.4) is 0 Å². The third-order valence-electron chi connectivity index (χ3n) is 4.88. The molecule has 4 aromatic rings. The van der Waals surface area contributed by atoms with E-state index in [0.29, 0.717) is 18.0 Å². The molecule has 1 aliphatic heterocycles. The highest BCUT2D eigenvalue weighted by atomic mass is 33.1. The summed E-state index contributed by atoms with van der Waals surface area (Å²) < 4.78 is 7.70. The lowest BCUT2D eigenvalue weighted by molar-refractivity contribution is 0.191. The van der Waals surface area contributed by atoms with Crippen LogP contribution in [0.15, 0.2) is 60.9 Å². The number of benzene rings is 2. The molecule has 2 aromatic heterocycles. The van der Waals surface area contributed by atoms with Crippen molar-refractivity contribution in [3.05, 3.63) is 60.9 Å². The zero-order chi connectivity index (χ0) is 20.5. The number of nitrogens with two attached hydrogens (primary N) is 1. The summed E-state index contributed by atoms with van der Waals surface area (Å²) in [6.07, 6.45) is 1.08. The Morgan fingerprint density at radius 2 is 1.83 bits per heavy atom. The minimum Gasteiger partial charge on any atom is -0.457 e. The van der Waals surface area contributed by atoms with Crippen LogP contribution in [0.5, 0.6) is 11.5 Å². The fourth-order valence-electron chi connectivity index (χ4n) is 3.36. The summed E-state index contributed by atoms with van der Waals surface area (Å²) in [5.74, 6) is 2.63. The Labute approximate surface area is 181 Å². The van der Waals surface area contributed by atoms with Crippen LogP contribution in [0, 0.1) is 0 Å². The fraction of sp³-hybridized carbons (Fsp3) is 0.190. The highest BCUT2D eigenvalue weighted by molar-refractivity contribution is 8.77. The van der Waals surface area contributed by atoms with E-state index in [-0.39, 0.29) is 11.4 Å². The number of aliphatic hydroxyl groups is 1. The van der Waals surface area contributed by atoms with Crippen LogP contribution in [0.25, 0.3) is 22.3 Å². The first kappa shape index (κ1) is 19.2. The molecule has 0 bridgehead atoms. The molecule has 152 valence electrons. The van der Waals surface area contributed by atoms with Crippen molar-refractivity contribution in [2.24, 2.45) is 0 Å². The number of aromatic nitrogens is 4. The number of rotatable bonds is 5. The molecule has 9 heteroatoms. The van der Waals surface area contributed by atoms with Gasteiger partial charge in [0.1, 0.15) is 29.3 Å². The quantitative estimate of drug-likeness (QED) is 0.452. The van der Waals surface area contributed by atoms with Gasteiger partial charge in [-0.3, -0.25) is 0 Å². The normalized spacial score (nSPS) is 18.7. The van der Waals surface area contributed by atoms with Crippen LogP contribution in [0.2, 0.25) is 0 Å². The first-order valence-electron chi connectivity index (χ1n) is 9.46. The summed E-state index contributed by atoms with van der Waals surface area (Å²) in [5, 5.41) is 15.8. The molecule has 1 aliphatic rings. The van der Waals surface area contributed by atoms with Crippen molar-refractivity contribution >= 4 is 38.4 Å². The molecule has 3 N–H and O–H groups in total. The molecule has 7 nitrogen and oxygen atoms in total. The van der Waals surface area contributed by atoms with Gasteiger partial charge in [-0.25, -0.2) is 14.6 Å². The molecule has 2 aromatic carbocycles. The van der Waals surface area contributed by atoms with E-state index in [0.717, 1.165) is 33.9 Å². The number of fused-ring (bicyclic) bond motifs is 1. The summed E-state index contributed by atoms with van der Waals surface area (Å²) in [6.45, 7) is 0.557. The van der Waals surface area contributed by atoms with Crippen LogP contribution in [0.1, 0.15) is 0 Å². The maximum Gasteiger partial charge on any atom is 0.164 e. The number of anilines is 1. The lowest BCUT2D eigenvalue weighted by atomic mass is 10.1. The maximum atomic E-state index is 10.2. The second-order valence-electron chi connectivity index (χ2n) is 6.91. The van der Waals surface area contributed by atoms with Gasteiger partial charge in [-0.15, -0.1) is 0 Å². The minimum absolute atomic E-state index is 0.0591. The molecule has 5 rings (SSSR count). The van der Waals surface area contributed by atoms with E-state index in [4.69, 9.17) is 15.6 Å². The van der Waals surface area contributed by atoms with Crippen molar-refractivity contribution in [3.8, 4) is 22.8 Å². The van der Waals surface area contributed by atoms with E-state index in [1.165, 1.54) is 6.33 Å². The topological polar surface area (TPSA) is 99.1 Å². The van der Waals surface area contributed by atoms with E-state index in [9.17, 15) is 5.11 Å². The number of para-hydroxylation sites is 1. The molecule has 2 unspecified atom stereocenters. The molecule has 0 amide bonds. The number of aliphatic hydroxyl groups excluding tert-OH is 1. The number of ether oxygens (including phenoxy) is 1. The Kier molecular flexibility index (Phi) is 5.24. The summed E-state index contributed by atoms with van der Waals surface area (Å²) in [4.78, 5) is 8.57. The molecular weight excluding hydrogens is 418 g/mol. The molecule has 0 spiro atoms. The minimum atomic E-state index is -0.365. The number of nitrogen functional groups attached to an aromatic ring is 1. The Bertz CT molecular complexity index is 1170. The summed E-state index contributed by atoms with van der Waals surface area (Å²) >= 11 is 0. The predicted octanol–water partition coefficient (Wildman–Crippen LogP) is 3.99. The zero-order valence-corrected chi connectivity index (χ0v) is 17.5. The van der Waals surface area contributed by atoms with Gasteiger partial charge >= 0.3 is 0 Å². The predicted molar refractivity (Wildman–Crippen MR) is 122 cm³/mol. The average Bonchev–Trinajstić information content (AvgIpc) is 3.34. The van der Waals surface area contributed by atoms with Gasteiger partial charge in [0, 0.05) is 11.3 Å². The third-order valence-corrected chi connectivity index (χ3v) is 7.76. The highest BCUT2D eigenvalue weighted by Gasteiger charge is 2.29. The number of hydrogen-bond donors (Lipinski definition) is 2. The summed E-state index contributed by atoms with van der Waals surface area (Å²) in [7, 11) is 3.36. The van der Waals surface area contributed by atoms with Crippen LogP contribution < -0.4 is 10.5 Å². The van der Waals surface area contributed by atoms with E-state index >= 15 is 0 Å². The maximum absolute atomic E-state index is 10.2. The van der Waals surface area contributed by atoms with Crippen LogP contribution >= 0.6 is 21.6 Å². The van der Waals surface area contributed by atoms with Crippen LogP contribution in [-0.4, -0.2) is 42.0 Å². The largest absolute Gasteiger partial charge is 0.457 e. The number of nitrogens with zero attached hydrogens (tertiary/aromatic N) is 4. The third kappa shape index (κ3) is 3.71. The van der Waals surface area contributed by atoms with E-state index < -0.39 is 0 Å². The van der Waals surface area contributed by atoms with Crippen molar-refractivity contribution in [2.45, 2.75) is 17.9 Å². The van der Waals surface area contributed by atoms with Crippen molar-refractivity contribution < 1.29 is 9.84 Å². The number of hydrogen-bond acceptors (Lipinski definition) is 8. The van der Waals surface area contributed by atoms with Gasteiger partial charge in [0.2, 0.25) is 0 Å². The Balaban J connectivity index is 1.49. The molecule has 1 saturated heterocycles. The van der Waals surface area contributed by atoms with Crippen molar-refractivity contribution in [1.82, 2.24) is 19.7 Å². The van der Waals surface area contributed by atoms with Crippen molar-refractivity contribution in [2.75, 3.05) is 11.5 Å². The van der Waals surface area contributed by atoms with Gasteiger partial charge in [0.25, 0.3) is 0 Å². The summed E-state index contributed by atoms with van der Waals surface area (Å²) in [5.41, 5.74) is 8.48. The smallest absolute Gasteiger partial charge is 0.164 e. The summed E-state index contributed by atoms with van der Waals surface area (Å²) in [6, 6.07) is 17.3. The molecule has 1 fully saturated rings. The van der Waals surface area contributed by atoms with Gasteiger partial charge in [-0.2, -0.15) is 5.10 Å². The molecule has 0 saturated carbocycles. The second-order valence-corrected chi connectivity index (χ2v) is 9.57. The highest BCUT2D eigenvalue weighted by Crippen LogP contribution is 2.39. The van der Waals surface area contributed by atoms with Gasteiger partial charge in [0.05, 0.1) is 23.3 Å². The zero-order valence-electron chi connectivity index (χ0n) is 15.9. The van der Waals surface area contributed by atoms with E-state index in [1.807, 2.05) is 59.3 Å². The van der Waals surface area contributed by atoms with E-state index in [2.05, 4.69) is 9.97 Å². The Hall–Kier alpha value is -2.75. The van der Waals surface area contributed by atoms with Gasteiger partial charge < -0.3 is 15.6 Å². The Morgan fingerprint density at radius 3 is 2.57 bits per heavy atom. The lowest BCUT2D eigenvalue weighted by Crippen LogP contribution is -2.25. The fourth-order valence-corrected chi connectivity index (χ4v) is 6.27. The molecule has 30 heavy (non-hydrogen) atoms. The van der Waals surface area contributed by atoms with Crippen molar-refractivity contribution in [3.63, 3.8) is 0 Å². The second kappa shape index (κ2) is 8.17. The van der Waals surface area contributed by atoms with Crippen LogP contribution in [0.4, 0.5) is 5.82 Å². The van der Waals surface area contributed by atoms with Gasteiger partial charge in [0.15, 0.2) is 5.65 Å². The molecule has 2 atom stereocenters. The SMILES string of the molecule is Nc1ncnc2c1c(-c1ccc(Oc3ccccc3)cc1)nn2CC1SSCC1O. The van der Waals surface area contributed by atoms with Gasteiger partial charge in [-0.1, -0.05) is 39.8 Å².